The quantitative estimate of drug-likeness (QED) is 0.798. The molecule has 4 N–H and O–H groups in total. The highest BCUT2D eigenvalue weighted by molar-refractivity contribution is 5.01. The van der Waals surface area contributed by atoms with E-state index in [0.717, 1.165) is 11.8 Å². The predicted octanol–water partition coefficient (Wildman–Crippen LogP) is 4.12. The lowest BCUT2D eigenvalue weighted by molar-refractivity contribution is 0.0749. The summed E-state index contributed by atoms with van der Waals surface area (Å²) < 4.78 is 0. The van der Waals surface area contributed by atoms with E-state index in [-0.39, 0.29) is 11.1 Å². The van der Waals surface area contributed by atoms with Crippen molar-refractivity contribution in [3.8, 4) is 0 Å². The molecule has 3 aliphatic carbocycles. The molecule has 0 saturated heterocycles. The molecule has 2 unspecified atom stereocenters. The Kier molecular flexibility index (Phi) is 4.42. The second-order valence-corrected chi connectivity index (χ2v) is 8.15. The third-order valence-corrected chi connectivity index (χ3v) is 6.87. The largest absolute Gasteiger partial charge is 0.325 e. The first-order valence-electron chi connectivity index (χ1n) is 9.20. The molecule has 3 rings (SSSR count). The molecule has 0 amide bonds. The molecule has 2 nitrogen and oxygen atoms in total. The molecule has 116 valence electrons. The van der Waals surface area contributed by atoms with Crippen LogP contribution in [0.4, 0.5) is 0 Å². The topological polar surface area (TPSA) is 52.0 Å². The molecular formula is C18H34N2. The van der Waals surface area contributed by atoms with E-state index < -0.39 is 0 Å². The molecule has 0 bridgehead atoms. The molecule has 3 aliphatic rings. The van der Waals surface area contributed by atoms with Gasteiger partial charge in [-0.25, -0.2) is 0 Å². The average molecular weight is 278 g/mol. The highest BCUT2D eigenvalue weighted by Gasteiger charge is 2.44. The van der Waals surface area contributed by atoms with Crippen molar-refractivity contribution in [2.45, 2.75) is 101 Å². The van der Waals surface area contributed by atoms with E-state index in [0.29, 0.717) is 0 Å². The molecule has 3 saturated carbocycles. The van der Waals surface area contributed by atoms with Crippen molar-refractivity contribution in [2.75, 3.05) is 0 Å². The molecular weight excluding hydrogens is 244 g/mol. The van der Waals surface area contributed by atoms with E-state index >= 15 is 0 Å². The highest BCUT2D eigenvalue weighted by atomic mass is 14.8. The third kappa shape index (κ3) is 2.92. The Labute approximate surface area is 125 Å². The first-order valence-corrected chi connectivity index (χ1v) is 9.20. The maximum Gasteiger partial charge on any atom is 0.0183 e. The summed E-state index contributed by atoms with van der Waals surface area (Å²) in [4.78, 5) is 0. The highest BCUT2D eigenvalue weighted by Crippen LogP contribution is 2.46. The molecule has 2 heteroatoms. The van der Waals surface area contributed by atoms with Gasteiger partial charge in [0.15, 0.2) is 0 Å². The van der Waals surface area contributed by atoms with Crippen LogP contribution < -0.4 is 11.5 Å². The van der Waals surface area contributed by atoms with E-state index in [9.17, 15) is 0 Å². The van der Waals surface area contributed by atoms with Gasteiger partial charge >= 0.3 is 0 Å². The summed E-state index contributed by atoms with van der Waals surface area (Å²) >= 11 is 0. The van der Waals surface area contributed by atoms with Crippen LogP contribution in [0.25, 0.3) is 0 Å². The smallest absolute Gasteiger partial charge is 0.0183 e. The first-order chi connectivity index (χ1) is 9.62. The summed E-state index contributed by atoms with van der Waals surface area (Å²) in [5.41, 5.74) is 14.0. The van der Waals surface area contributed by atoms with Gasteiger partial charge < -0.3 is 11.5 Å². The normalized spacial score (nSPS) is 37.5. The van der Waals surface area contributed by atoms with Crippen molar-refractivity contribution >= 4 is 0 Å². The van der Waals surface area contributed by atoms with Gasteiger partial charge in [0, 0.05) is 11.1 Å². The van der Waals surface area contributed by atoms with Crippen LogP contribution >= 0.6 is 0 Å². The van der Waals surface area contributed by atoms with E-state index in [1.54, 1.807) is 0 Å². The number of rotatable bonds is 2. The minimum absolute atomic E-state index is 0.155. The van der Waals surface area contributed by atoms with Crippen molar-refractivity contribution < 1.29 is 0 Å². The fraction of sp³-hybridized carbons (Fsp3) is 1.00. The Morgan fingerprint density at radius 2 is 0.950 bits per heavy atom. The summed E-state index contributed by atoms with van der Waals surface area (Å²) in [6.45, 7) is 0. The molecule has 0 aromatic rings. The van der Waals surface area contributed by atoms with Crippen LogP contribution in [0.2, 0.25) is 0 Å². The Morgan fingerprint density at radius 3 is 1.35 bits per heavy atom. The van der Waals surface area contributed by atoms with Crippen molar-refractivity contribution in [1.82, 2.24) is 0 Å². The van der Waals surface area contributed by atoms with Gasteiger partial charge in [0.25, 0.3) is 0 Å². The summed E-state index contributed by atoms with van der Waals surface area (Å²) in [5, 5.41) is 0. The van der Waals surface area contributed by atoms with Crippen LogP contribution in [0, 0.1) is 11.8 Å². The zero-order valence-electron chi connectivity index (χ0n) is 13.2. The second kappa shape index (κ2) is 5.96. The minimum atomic E-state index is 0.155. The van der Waals surface area contributed by atoms with Crippen LogP contribution in [0.5, 0.6) is 0 Å². The molecule has 2 atom stereocenters. The van der Waals surface area contributed by atoms with Gasteiger partial charge in [-0.1, -0.05) is 44.9 Å². The zero-order chi connectivity index (χ0) is 14.1. The molecule has 3 fully saturated rings. The van der Waals surface area contributed by atoms with Crippen molar-refractivity contribution in [2.24, 2.45) is 23.3 Å². The van der Waals surface area contributed by atoms with E-state index in [1.165, 1.54) is 89.9 Å². The van der Waals surface area contributed by atoms with Crippen LogP contribution in [0.1, 0.15) is 89.9 Å². The van der Waals surface area contributed by atoms with Crippen LogP contribution in [0.3, 0.4) is 0 Å². The lowest BCUT2D eigenvalue weighted by atomic mass is 9.60. The Balaban J connectivity index is 1.66. The average Bonchev–Trinajstić information content (AvgIpc) is 2.49. The molecule has 0 aromatic carbocycles. The van der Waals surface area contributed by atoms with Gasteiger partial charge in [-0.2, -0.15) is 0 Å². The molecule has 0 heterocycles. The summed E-state index contributed by atoms with van der Waals surface area (Å²) in [7, 11) is 0. The SMILES string of the molecule is NC1(C2CCCC(C3(N)CCCCC3)C2)CCCCC1. The van der Waals surface area contributed by atoms with Gasteiger partial charge in [-0.15, -0.1) is 0 Å². The number of nitrogens with two attached hydrogens (primary N) is 2. The van der Waals surface area contributed by atoms with E-state index in [1.807, 2.05) is 0 Å². The summed E-state index contributed by atoms with van der Waals surface area (Å²) in [6.07, 6.45) is 18.7. The van der Waals surface area contributed by atoms with Crippen molar-refractivity contribution in [1.29, 1.82) is 0 Å². The maximum atomic E-state index is 6.83. The number of hydrogen-bond acceptors (Lipinski definition) is 2. The lowest BCUT2D eigenvalue weighted by Crippen LogP contribution is -2.55. The first kappa shape index (κ1) is 14.8. The standard InChI is InChI=1S/C18H34N2/c19-17(10-3-1-4-11-17)15-8-7-9-16(14-15)18(20)12-5-2-6-13-18/h15-16H,1-14,19-20H2. The molecule has 0 radical (unpaired) electrons. The Bertz CT molecular complexity index is 283. The van der Waals surface area contributed by atoms with Crippen molar-refractivity contribution in [3.05, 3.63) is 0 Å². The molecule has 0 aliphatic heterocycles. The lowest BCUT2D eigenvalue weighted by Gasteiger charge is -2.49. The van der Waals surface area contributed by atoms with Gasteiger partial charge in [-0.3, -0.25) is 0 Å². The summed E-state index contributed by atoms with van der Waals surface area (Å²) in [5.74, 6) is 1.51. The fourth-order valence-corrected chi connectivity index (χ4v) is 5.47. The molecule has 0 aromatic heterocycles. The Morgan fingerprint density at radius 1 is 0.550 bits per heavy atom. The van der Waals surface area contributed by atoms with Gasteiger partial charge in [0.2, 0.25) is 0 Å². The van der Waals surface area contributed by atoms with Crippen LogP contribution in [0.15, 0.2) is 0 Å². The summed E-state index contributed by atoms with van der Waals surface area (Å²) in [6, 6.07) is 0. The van der Waals surface area contributed by atoms with Gasteiger partial charge in [0.05, 0.1) is 0 Å². The van der Waals surface area contributed by atoms with Gasteiger partial charge in [-0.05, 0) is 56.8 Å². The minimum Gasteiger partial charge on any atom is -0.325 e. The molecule has 0 spiro atoms. The van der Waals surface area contributed by atoms with E-state index in [2.05, 4.69) is 0 Å². The van der Waals surface area contributed by atoms with Crippen LogP contribution in [-0.2, 0) is 0 Å². The monoisotopic (exact) mass is 278 g/mol. The second-order valence-electron chi connectivity index (χ2n) is 8.15. The van der Waals surface area contributed by atoms with E-state index in [4.69, 9.17) is 11.5 Å². The third-order valence-electron chi connectivity index (χ3n) is 6.87. The zero-order valence-corrected chi connectivity index (χ0v) is 13.2. The number of hydrogen-bond donors (Lipinski definition) is 2. The maximum absolute atomic E-state index is 6.83. The Hall–Kier alpha value is -0.0800. The van der Waals surface area contributed by atoms with Crippen LogP contribution in [-0.4, -0.2) is 11.1 Å². The molecule has 20 heavy (non-hydrogen) atoms. The predicted molar refractivity (Wildman–Crippen MR) is 85.5 cm³/mol. The fourth-order valence-electron chi connectivity index (χ4n) is 5.47. The van der Waals surface area contributed by atoms with Gasteiger partial charge in [0.1, 0.15) is 0 Å². The van der Waals surface area contributed by atoms with Crippen molar-refractivity contribution in [3.63, 3.8) is 0 Å².